The molecule has 84 valence electrons. The summed E-state index contributed by atoms with van der Waals surface area (Å²) in [5.74, 6) is 3.70. The first-order valence-electron chi connectivity index (χ1n) is 5.52. The molecule has 1 atom stereocenters. The van der Waals surface area contributed by atoms with Gasteiger partial charge in [-0.3, -0.25) is 0 Å². The molecule has 1 aliphatic rings. The lowest BCUT2D eigenvalue weighted by molar-refractivity contribution is 0.663. The van der Waals surface area contributed by atoms with Crippen molar-refractivity contribution >= 4 is 23.2 Å². The molecule has 5 heteroatoms. The van der Waals surface area contributed by atoms with E-state index < -0.39 is 0 Å². The Morgan fingerprint density at radius 3 is 3.25 bits per heavy atom. The number of rotatable bonds is 1. The van der Waals surface area contributed by atoms with Crippen molar-refractivity contribution in [1.29, 1.82) is 0 Å². The highest BCUT2D eigenvalue weighted by Crippen LogP contribution is 2.32. The van der Waals surface area contributed by atoms with Gasteiger partial charge in [0.15, 0.2) is 5.65 Å². The highest BCUT2D eigenvalue weighted by Gasteiger charge is 2.20. The van der Waals surface area contributed by atoms with Gasteiger partial charge < -0.3 is 5.73 Å². The number of aromatic nitrogens is 3. The molecule has 0 amide bonds. The molecular weight excluding hydrogens is 220 g/mol. The minimum atomic E-state index is 0.588. The minimum Gasteiger partial charge on any atom is -0.384 e. The second kappa shape index (κ2) is 3.97. The molecule has 4 nitrogen and oxygen atoms in total. The van der Waals surface area contributed by atoms with Gasteiger partial charge in [0.2, 0.25) is 0 Å². The molecule has 3 rings (SSSR count). The van der Waals surface area contributed by atoms with Gasteiger partial charge in [-0.05, 0) is 30.6 Å². The summed E-state index contributed by atoms with van der Waals surface area (Å²) in [6.07, 6.45) is 6.21. The normalized spacial score (nSPS) is 21.4. The van der Waals surface area contributed by atoms with E-state index in [0.717, 1.165) is 5.65 Å². The molecule has 1 unspecified atom stereocenters. The van der Waals surface area contributed by atoms with Crippen molar-refractivity contribution in [3.63, 3.8) is 0 Å². The third kappa shape index (κ3) is 1.55. The summed E-state index contributed by atoms with van der Waals surface area (Å²) in [5.41, 5.74) is 8.03. The van der Waals surface area contributed by atoms with Crippen LogP contribution in [0.1, 0.15) is 24.3 Å². The van der Waals surface area contributed by atoms with Crippen molar-refractivity contribution in [3.05, 3.63) is 24.0 Å². The summed E-state index contributed by atoms with van der Waals surface area (Å²) < 4.78 is 1.73. The van der Waals surface area contributed by atoms with Gasteiger partial charge in [-0.2, -0.15) is 21.4 Å². The second-order valence-electron chi connectivity index (χ2n) is 4.12. The minimum absolute atomic E-state index is 0.588. The lowest BCUT2D eigenvalue weighted by Crippen LogP contribution is -2.09. The Kier molecular flexibility index (Phi) is 2.47. The van der Waals surface area contributed by atoms with Crippen molar-refractivity contribution < 1.29 is 0 Å². The van der Waals surface area contributed by atoms with Gasteiger partial charge in [-0.25, -0.2) is 4.98 Å². The molecule has 2 N–H and O–H groups in total. The molecular formula is C11H14N4S. The Morgan fingerprint density at radius 2 is 2.44 bits per heavy atom. The van der Waals surface area contributed by atoms with Crippen LogP contribution in [-0.2, 0) is 0 Å². The number of anilines is 1. The van der Waals surface area contributed by atoms with Crippen molar-refractivity contribution in [2.24, 2.45) is 0 Å². The Hall–Kier alpha value is -1.23. The summed E-state index contributed by atoms with van der Waals surface area (Å²) >= 11 is 2.02. The predicted molar refractivity (Wildman–Crippen MR) is 66.7 cm³/mol. The summed E-state index contributed by atoms with van der Waals surface area (Å²) in [6, 6.07) is 1.78. The highest BCUT2D eigenvalue weighted by molar-refractivity contribution is 7.99. The third-order valence-corrected chi connectivity index (χ3v) is 4.27. The lowest BCUT2D eigenvalue weighted by atomic mass is 9.98. The molecule has 1 saturated heterocycles. The lowest BCUT2D eigenvalue weighted by Gasteiger charge is -2.19. The van der Waals surface area contributed by atoms with Gasteiger partial charge in [0.05, 0.1) is 6.20 Å². The molecule has 0 saturated carbocycles. The molecule has 0 bridgehead atoms. The van der Waals surface area contributed by atoms with Crippen LogP contribution in [0.2, 0.25) is 0 Å². The first-order chi connectivity index (χ1) is 7.86. The maximum atomic E-state index is 5.85. The Bertz CT molecular complexity index is 502. The molecule has 16 heavy (non-hydrogen) atoms. The average molecular weight is 234 g/mol. The van der Waals surface area contributed by atoms with Gasteiger partial charge >= 0.3 is 0 Å². The fourth-order valence-corrected chi connectivity index (χ4v) is 3.37. The quantitative estimate of drug-likeness (QED) is 0.819. The topological polar surface area (TPSA) is 56.2 Å². The molecule has 0 spiro atoms. The fraction of sp³-hybridized carbons (Fsp3) is 0.455. The zero-order valence-electron chi connectivity index (χ0n) is 8.97. The van der Waals surface area contributed by atoms with Crippen LogP contribution < -0.4 is 5.73 Å². The van der Waals surface area contributed by atoms with E-state index in [-0.39, 0.29) is 0 Å². The van der Waals surface area contributed by atoms with Gasteiger partial charge in [0, 0.05) is 17.5 Å². The standard InChI is InChI=1S/C11H14N4S/c12-10-3-4-13-11-9(6-14-15(10)11)8-2-1-5-16-7-8/h3-4,6,8H,1-2,5,7,12H2. The number of nitrogens with two attached hydrogens (primary N) is 1. The summed E-state index contributed by atoms with van der Waals surface area (Å²) in [7, 11) is 0. The van der Waals surface area contributed by atoms with Crippen LogP contribution in [0.5, 0.6) is 0 Å². The molecule has 1 aliphatic heterocycles. The first-order valence-corrected chi connectivity index (χ1v) is 6.67. The van der Waals surface area contributed by atoms with Crippen LogP contribution in [0.4, 0.5) is 5.82 Å². The maximum Gasteiger partial charge on any atom is 0.160 e. The van der Waals surface area contributed by atoms with E-state index in [9.17, 15) is 0 Å². The summed E-state index contributed by atoms with van der Waals surface area (Å²) in [4.78, 5) is 4.39. The molecule has 1 fully saturated rings. The third-order valence-electron chi connectivity index (χ3n) is 3.06. The van der Waals surface area contributed by atoms with E-state index in [4.69, 9.17) is 5.73 Å². The van der Waals surface area contributed by atoms with E-state index >= 15 is 0 Å². The predicted octanol–water partition coefficient (Wildman–Crippen LogP) is 1.92. The monoisotopic (exact) mass is 234 g/mol. The SMILES string of the molecule is Nc1ccnc2c(C3CCCSC3)cnn12. The first kappa shape index (κ1) is 9.96. The van der Waals surface area contributed by atoms with Crippen LogP contribution >= 0.6 is 11.8 Å². The smallest absolute Gasteiger partial charge is 0.160 e. The van der Waals surface area contributed by atoms with Gasteiger partial charge in [0.25, 0.3) is 0 Å². The van der Waals surface area contributed by atoms with Crippen molar-refractivity contribution in [1.82, 2.24) is 14.6 Å². The van der Waals surface area contributed by atoms with Crippen molar-refractivity contribution in [2.45, 2.75) is 18.8 Å². The molecule has 0 aliphatic carbocycles. The van der Waals surface area contributed by atoms with E-state index in [1.54, 1.807) is 16.8 Å². The number of hydrogen-bond donors (Lipinski definition) is 1. The molecule has 0 radical (unpaired) electrons. The van der Waals surface area contributed by atoms with E-state index in [2.05, 4.69) is 10.1 Å². The number of thioether (sulfide) groups is 1. The molecule has 3 heterocycles. The molecule has 0 aromatic carbocycles. The van der Waals surface area contributed by atoms with Crippen LogP contribution in [0.25, 0.3) is 5.65 Å². The van der Waals surface area contributed by atoms with Gasteiger partial charge in [-0.1, -0.05) is 0 Å². The highest BCUT2D eigenvalue weighted by atomic mass is 32.2. The van der Waals surface area contributed by atoms with Crippen LogP contribution in [0, 0.1) is 0 Å². The van der Waals surface area contributed by atoms with E-state index in [1.807, 2.05) is 18.0 Å². The zero-order valence-corrected chi connectivity index (χ0v) is 9.78. The zero-order chi connectivity index (χ0) is 11.0. The van der Waals surface area contributed by atoms with Crippen LogP contribution in [0.15, 0.2) is 18.5 Å². The van der Waals surface area contributed by atoms with Crippen LogP contribution in [-0.4, -0.2) is 26.1 Å². The van der Waals surface area contributed by atoms with Crippen molar-refractivity contribution in [3.8, 4) is 0 Å². The maximum absolute atomic E-state index is 5.85. The summed E-state index contributed by atoms with van der Waals surface area (Å²) in [5, 5.41) is 4.31. The second-order valence-corrected chi connectivity index (χ2v) is 5.27. The Labute approximate surface area is 98.2 Å². The number of nitrogens with zero attached hydrogens (tertiary/aromatic N) is 3. The fourth-order valence-electron chi connectivity index (χ4n) is 2.20. The van der Waals surface area contributed by atoms with Crippen molar-refractivity contribution in [2.75, 3.05) is 17.2 Å². The van der Waals surface area contributed by atoms with E-state index in [0.29, 0.717) is 11.7 Å². The molecule has 2 aromatic rings. The Morgan fingerprint density at radius 1 is 1.50 bits per heavy atom. The largest absolute Gasteiger partial charge is 0.384 e. The Balaban J connectivity index is 2.06. The summed E-state index contributed by atoms with van der Waals surface area (Å²) in [6.45, 7) is 0. The van der Waals surface area contributed by atoms with E-state index in [1.165, 1.54) is 29.9 Å². The van der Waals surface area contributed by atoms with Gasteiger partial charge in [-0.15, -0.1) is 0 Å². The number of nitrogen functional groups attached to an aromatic ring is 1. The van der Waals surface area contributed by atoms with Crippen LogP contribution in [0.3, 0.4) is 0 Å². The average Bonchev–Trinajstić information content (AvgIpc) is 2.75. The van der Waals surface area contributed by atoms with Gasteiger partial charge in [0.1, 0.15) is 5.82 Å². The molecule has 2 aromatic heterocycles. The number of fused-ring (bicyclic) bond motifs is 1. The number of hydrogen-bond acceptors (Lipinski definition) is 4.